The van der Waals surface area contributed by atoms with Crippen molar-refractivity contribution in [1.82, 2.24) is 15.5 Å². The van der Waals surface area contributed by atoms with Crippen LogP contribution in [0.2, 0.25) is 0 Å². The summed E-state index contributed by atoms with van der Waals surface area (Å²) < 4.78 is 16.7. The van der Waals surface area contributed by atoms with Gasteiger partial charge in [0.2, 0.25) is 11.6 Å². The monoisotopic (exact) mass is 628 g/mol. The molecule has 1 aliphatic carbocycles. The molecule has 2 amide bonds. The average molecular weight is 629 g/mol. The van der Waals surface area contributed by atoms with Gasteiger partial charge in [0.05, 0.1) is 23.6 Å². The number of nitrogens with two attached hydrogens (primary N) is 1. The van der Waals surface area contributed by atoms with Gasteiger partial charge in [0.15, 0.2) is 6.10 Å². The fourth-order valence-corrected chi connectivity index (χ4v) is 5.72. The maximum absolute atomic E-state index is 13.8. The second-order valence-electron chi connectivity index (χ2n) is 12.1. The standard InChI is InChI=1S/C33H48N4O8/c1-19-15-23-28(35-11-14-37-12-8-13-37)25(38)18-24(30(23)40)36-32(41)20(2)9-7-10-26(43-5)31(45-33(34)42)22(4)17-21(3)29(39)27(16-19)44-6/h7,9-10,17-19,21,26-27,29,31,35,39H,8,11-16H2,1-6H3,(H2,34,42)(H,36,41)/b10-7-,20-9+,22-17+/t19-,21+,26+,27+,29-,31+/m1/s1. The van der Waals surface area contributed by atoms with Crippen LogP contribution in [-0.2, 0) is 28.6 Å². The number of primary amides is 1. The fraction of sp³-hybridized carbons (Fsp3) is 0.576. The number of nitrogens with one attached hydrogen (secondary N) is 2. The van der Waals surface area contributed by atoms with E-state index in [1.807, 2.05) is 13.8 Å². The third-order valence-electron chi connectivity index (χ3n) is 8.47. The molecule has 2 bridgehead atoms. The van der Waals surface area contributed by atoms with Crippen LogP contribution in [0.3, 0.4) is 0 Å². The molecule has 3 aliphatic rings. The molecule has 248 valence electrons. The Kier molecular flexibility index (Phi) is 13.3. The Morgan fingerprint density at radius 3 is 2.47 bits per heavy atom. The van der Waals surface area contributed by atoms with Crippen LogP contribution in [0.4, 0.5) is 4.79 Å². The lowest BCUT2D eigenvalue weighted by molar-refractivity contribution is -0.120. The molecular weight excluding hydrogens is 580 g/mol. The lowest BCUT2D eigenvalue weighted by atomic mass is 9.85. The molecule has 3 rings (SSSR count). The van der Waals surface area contributed by atoms with E-state index in [1.165, 1.54) is 20.3 Å². The number of aliphatic hydroxyl groups is 1. The highest BCUT2D eigenvalue weighted by atomic mass is 16.6. The van der Waals surface area contributed by atoms with Crippen LogP contribution in [0, 0.1) is 11.8 Å². The number of ketones is 2. The molecule has 0 spiro atoms. The molecule has 2 aliphatic heterocycles. The van der Waals surface area contributed by atoms with Crippen molar-refractivity contribution in [3.8, 4) is 0 Å². The van der Waals surface area contributed by atoms with Crippen molar-refractivity contribution in [3.63, 3.8) is 0 Å². The number of carbonyl (C=O) groups excluding carboxylic acids is 4. The first-order valence-electron chi connectivity index (χ1n) is 15.4. The molecule has 1 fully saturated rings. The summed E-state index contributed by atoms with van der Waals surface area (Å²) in [5.74, 6) is -2.00. The number of aliphatic hydroxyl groups excluding tert-OH is 1. The molecule has 1 saturated heterocycles. The first kappa shape index (κ1) is 35.9. The molecule has 6 atom stereocenters. The zero-order valence-corrected chi connectivity index (χ0v) is 27.1. The Hall–Kier alpha value is -3.58. The van der Waals surface area contributed by atoms with Crippen molar-refractivity contribution in [2.45, 2.75) is 71.4 Å². The number of methoxy groups -OCH3 is 2. The number of carbonyl (C=O) groups is 4. The predicted octanol–water partition coefficient (Wildman–Crippen LogP) is 2.06. The number of hydrogen-bond donors (Lipinski definition) is 4. The van der Waals surface area contributed by atoms with Crippen LogP contribution >= 0.6 is 0 Å². The smallest absolute Gasteiger partial charge is 0.405 e. The highest BCUT2D eigenvalue weighted by Gasteiger charge is 2.33. The van der Waals surface area contributed by atoms with Gasteiger partial charge >= 0.3 is 6.09 Å². The van der Waals surface area contributed by atoms with Crippen LogP contribution in [0.25, 0.3) is 0 Å². The Bertz CT molecular complexity index is 1280. The average Bonchev–Trinajstić information content (AvgIpc) is 2.96. The van der Waals surface area contributed by atoms with Crippen molar-refractivity contribution in [2.75, 3.05) is 40.4 Å². The summed E-state index contributed by atoms with van der Waals surface area (Å²) in [5.41, 5.74) is 6.64. The number of nitrogens with zero attached hydrogens (tertiary/aromatic N) is 1. The van der Waals surface area contributed by atoms with Crippen LogP contribution < -0.4 is 16.4 Å². The van der Waals surface area contributed by atoms with E-state index >= 15 is 0 Å². The maximum Gasteiger partial charge on any atom is 0.405 e. The Balaban J connectivity index is 2.01. The largest absolute Gasteiger partial charge is 0.439 e. The minimum absolute atomic E-state index is 0.100. The summed E-state index contributed by atoms with van der Waals surface area (Å²) in [5, 5.41) is 17.1. The first-order chi connectivity index (χ1) is 21.4. The molecule has 2 heterocycles. The van der Waals surface area contributed by atoms with Gasteiger partial charge in [-0.1, -0.05) is 38.2 Å². The summed E-state index contributed by atoms with van der Waals surface area (Å²) in [7, 11) is 2.95. The van der Waals surface area contributed by atoms with Crippen molar-refractivity contribution in [3.05, 3.63) is 58.5 Å². The molecule has 0 unspecified atom stereocenters. The van der Waals surface area contributed by atoms with Gasteiger partial charge in [-0.15, -0.1) is 0 Å². The van der Waals surface area contributed by atoms with Crippen molar-refractivity contribution in [2.24, 2.45) is 17.6 Å². The number of ether oxygens (including phenoxy) is 3. The third-order valence-corrected chi connectivity index (χ3v) is 8.47. The number of fused-ring (bicyclic) bond motifs is 2. The van der Waals surface area contributed by atoms with Gasteiger partial charge in [0, 0.05) is 50.4 Å². The van der Waals surface area contributed by atoms with Gasteiger partial charge < -0.3 is 40.6 Å². The Labute approximate surface area is 265 Å². The molecule has 0 aromatic heterocycles. The molecule has 0 aromatic carbocycles. The second kappa shape index (κ2) is 16.6. The van der Waals surface area contributed by atoms with Crippen molar-refractivity contribution in [1.29, 1.82) is 0 Å². The number of allylic oxidation sites excluding steroid dienone is 4. The zero-order valence-electron chi connectivity index (χ0n) is 27.1. The van der Waals surface area contributed by atoms with Crippen molar-refractivity contribution < 1.29 is 38.5 Å². The summed E-state index contributed by atoms with van der Waals surface area (Å²) in [6, 6.07) is 0. The van der Waals surface area contributed by atoms with E-state index in [0.29, 0.717) is 18.5 Å². The minimum atomic E-state index is -0.994. The minimum Gasteiger partial charge on any atom is -0.439 e. The third kappa shape index (κ3) is 9.70. The van der Waals surface area contributed by atoms with Crippen molar-refractivity contribution >= 4 is 23.6 Å². The molecule has 0 radical (unpaired) electrons. The summed E-state index contributed by atoms with van der Waals surface area (Å²) in [6.45, 7) is 10.3. The number of amides is 2. The van der Waals surface area contributed by atoms with E-state index in [4.69, 9.17) is 19.9 Å². The lowest BCUT2D eigenvalue weighted by Gasteiger charge is -2.31. The van der Waals surface area contributed by atoms with Gasteiger partial charge in [0.1, 0.15) is 6.10 Å². The van der Waals surface area contributed by atoms with E-state index in [0.717, 1.165) is 32.1 Å². The molecule has 5 N–H and O–H groups in total. The van der Waals surface area contributed by atoms with Gasteiger partial charge in [-0.25, -0.2) is 4.79 Å². The maximum atomic E-state index is 13.8. The first-order valence-corrected chi connectivity index (χ1v) is 15.4. The normalized spacial score (nSPS) is 32.3. The number of Topliss-reactive ketones (excluding diaryl/α,β-unsaturated/α-hetero) is 1. The highest BCUT2D eigenvalue weighted by Crippen LogP contribution is 2.29. The zero-order chi connectivity index (χ0) is 33.3. The molecule has 45 heavy (non-hydrogen) atoms. The Morgan fingerprint density at radius 1 is 1.16 bits per heavy atom. The number of likely N-dealkylation sites (tertiary alicyclic amines) is 1. The van der Waals surface area contributed by atoms with E-state index in [1.54, 1.807) is 32.1 Å². The van der Waals surface area contributed by atoms with Crippen LogP contribution in [-0.4, -0.2) is 98.4 Å². The number of rotatable bonds is 7. The van der Waals surface area contributed by atoms with Crippen LogP contribution in [0.15, 0.2) is 58.5 Å². The SMILES string of the molecule is CO[C@H]1/C=C\C=C(/C)C(=O)NC2=CC(=O)C(NCCN3CCC3)=C(C[C@@H](C)C[C@H](OC)[C@H](O)[C@@H](C)/C=C(\C)[C@@H]1OC(N)=O)C2=O. The Morgan fingerprint density at radius 2 is 1.87 bits per heavy atom. The van der Waals surface area contributed by atoms with Gasteiger partial charge in [-0.3, -0.25) is 14.4 Å². The van der Waals surface area contributed by atoms with E-state index in [9.17, 15) is 24.3 Å². The topological polar surface area (TPSA) is 170 Å². The van der Waals surface area contributed by atoms with Crippen LogP contribution in [0.1, 0.15) is 47.0 Å². The van der Waals surface area contributed by atoms with E-state index < -0.39 is 48.1 Å². The van der Waals surface area contributed by atoms with Crippen LogP contribution in [0.5, 0.6) is 0 Å². The predicted molar refractivity (Wildman–Crippen MR) is 169 cm³/mol. The lowest BCUT2D eigenvalue weighted by Crippen LogP contribution is -2.43. The molecule has 12 heteroatoms. The van der Waals surface area contributed by atoms with E-state index in [2.05, 4.69) is 15.5 Å². The number of hydrogen-bond acceptors (Lipinski definition) is 10. The summed E-state index contributed by atoms with van der Waals surface area (Å²) in [6.07, 6.45) is 5.13. The fourth-order valence-electron chi connectivity index (χ4n) is 5.72. The quantitative estimate of drug-likeness (QED) is 0.242. The van der Waals surface area contributed by atoms with E-state index in [-0.39, 0.29) is 40.7 Å². The molecule has 0 saturated carbocycles. The second-order valence-corrected chi connectivity index (χ2v) is 12.1. The summed E-state index contributed by atoms with van der Waals surface area (Å²) >= 11 is 0. The summed E-state index contributed by atoms with van der Waals surface area (Å²) in [4.78, 5) is 54.2. The van der Waals surface area contributed by atoms with Gasteiger partial charge in [0.25, 0.3) is 5.91 Å². The van der Waals surface area contributed by atoms with Gasteiger partial charge in [-0.05, 0) is 57.7 Å². The molecule has 12 nitrogen and oxygen atoms in total. The van der Waals surface area contributed by atoms with Gasteiger partial charge in [-0.2, -0.15) is 0 Å². The highest BCUT2D eigenvalue weighted by molar-refractivity contribution is 6.23. The molecular formula is C33H48N4O8. The molecule has 0 aromatic rings.